The van der Waals surface area contributed by atoms with Crippen molar-refractivity contribution < 1.29 is 56.9 Å². The molecule has 0 heterocycles. The van der Waals surface area contributed by atoms with E-state index in [0.717, 1.165) is 24.3 Å². The van der Waals surface area contributed by atoms with E-state index in [-0.39, 0.29) is 29.8 Å². The van der Waals surface area contributed by atoms with Gasteiger partial charge in [-0.3, -0.25) is 28.9 Å². The zero-order valence-electron chi connectivity index (χ0n) is 26.0. The summed E-state index contributed by atoms with van der Waals surface area (Å²) in [6, 6.07) is 3.41. The summed E-state index contributed by atoms with van der Waals surface area (Å²) in [5, 5.41) is 27.8. The van der Waals surface area contributed by atoms with E-state index in [2.05, 4.69) is 15.4 Å². The second-order valence-electron chi connectivity index (χ2n) is 12.5. The Labute approximate surface area is 271 Å². The van der Waals surface area contributed by atoms with Crippen molar-refractivity contribution >= 4 is 52.1 Å². The lowest BCUT2D eigenvalue weighted by Gasteiger charge is -2.52. The summed E-state index contributed by atoms with van der Waals surface area (Å²) in [7, 11) is 6.23. The number of Topliss-reactive ketones (excluding diaryl/α,β-unsaturated/α-hetero) is 4. The number of fused-ring (bicyclic) bond motifs is 3. The molecular formula is C31H32F3N5O9. The SMILES string of the molecule is CN(C)c1cc(NC(=O)Nc2ccc(OC(F)(F)F)cc2)c(O)c2c1C[C@H]1C[C@H]3[C@H](N(C)C)C(=O)C(C(N)=O)C(=O)[C@@]3(O)C(=O)C1C2=O. The Morgan fingerprint density at radius 2 is 1.65 bits per heavy atom. The summed E-state index contributed by atoms with van der Waals surface area (Å²) >= 11 is 0. The molecule has 3 aliphatic rings. The first-order valence-corrected chi connectivity index (χ1v) is 14.6. The maximum atomic E-state index is 14.1. The van der Waals surface area contributed by atoms with Crippen LogP contribution in [0.4, 0.5) is 35.0 Å². The molecule has 3 aliphatic carbocycles. The van der Waals surface area contributed by atoms with Crippen molar-refractivity contribution in [3.8, 4) is 11.5 Å². The maximum absolute atomic E-state index is 14.1. The number of ether oxygens (including phenoxy) is 1. The van der Waals surface area contributed by atoms with Crippen LogP contribution in [0, 0.1) is 23.7 Å². The van der Waals surface area contributed by atoms with Crippen LogP contribution in [0.25, 0.3) is 0 Å². The van der Waals surface area contributed by atoms with Crippen molar-refractivity contribution in [3.05, 3.63) is 41.5 Å². The van der Waals surface area contributed by atoms with Gasteiger partial charge in [0, 0.05) is 31.4 Å². The number of nitrogens with one attached hydrogen (secondary N) is 2. The van der Waals surface area contributed by atoms with Crippen LogP contribution in [-0.2, 0) is 25.6 Å². The Morgan fingerprint density at radius 1 is 1.02 bits per heavy atom. The molecule has 14 nitrogen and oxygen atoms in total. The van der Waals surface area contributed by atoms with E-state index >= 15 is 0 Å². The molecular weight excluding hydrogens is 643 g/mol. The minimum Gasteiger partial charge on any atom is -0.505 e. The van der Waals surface area contributed by atoms with Crippen LogP contribution in [0.1, 0.15) is 22.3 Å². The van der Waals surface area contributed by atoms with Crippen molar-refractivity contribution in [1.82, 2.24) is 4.90 Å². The largest absolute Gasteiger partial charge is 0.573 e. The molecule has 2 aromatic rings. The van der Waals surface area contributed by atoms with Gasteiger partial charge in [-0.15, -0.1) is 13.2 Å². The van der Waals surface area contributed by atoms with E-state index < -0.39 is 88.2 Å². The molecule has 6 N–H and O–H groups in total. The van der Waals surface area contributed by atoms with E-state index in [1.54, 1.807) is 19.0 Å². The van der Waals surface area contributed by atoms with Crippen molar-refractivity contribution in [2.24, 2.45) is 29.4 Å². The van der Waals surface area contributed by atoms with Gasteiger partial charge in [-0.05, 0) is 68.8 Å². The van der Waals surface area contributed by atoms with E-state index in [4.69, 9.17) is 5.73 Å². The lowest BCUT2D eigenvalue weighted by atomic mass is 9.52. The fourth-order valence-corrected chi connectivity index (χ4v) is 7.17. The summed E-state index contributed by atoms with van der Waals surface area (Å²) in [5.74, 6) is -12.8. The predicted octanol–water partition coefficient (Wildman–Crippen LogP) is 1.48. The number of primary amides is 1. The van der Waals surface area contributed by atoms with Crippen molar-refractivity contribution in [2.45, 2.75) is 30.8 Å². The third-order valence-corrected chi connectivity index (χ3v) is 9.11. The topological polar surface area (TPSA) is 209 Å². The van der Waals surface area contributed by atoms with Crippen LogP contribution in [0.2, 0.25) is 0 Å². The van der Waals surface area contributed by atoms with Crippen LogP contribution < -0.4 is 26.0 Å². The second-order valence-corrected chi connectivity index (χ2v) is 12.5. The zero-order valence-corrected chi connectivity index (χ0v) is 26.0. The Bertz CT molecular complexity index is 1740. The number of rotatable bonds is 6. The Morgan fingerprint density at radius 3 is 2.19 bits per heavy atom. The maximum Gasteiger partial charge on any atom is 0.573 e. The average Bonchev–Trinajstić information content (AvgIpc) is 2.96. The lowest BCUT2D eigenvalue weighted by Crippen LogP contribution is -2.74. The molecule has 2 unspecified atom stereocenters. The van der Waals surface area contributed by atoms with Gasteiger partial charge in [0.15, 0.2) is 34.7 Å². The highest BCUT2D eigenvalue weighted by Crippen LogP contribution is 2.52. The smallest absolute Gasteiger partial charge is 0.505 e. The predicted molar refractivity (Wildman–Crippen MR) is 161 cm³/mol. The molecule has 3 amide bonds. The molecule has 2 saturated carbocycles. The quantitative estimate of drug-likeness (QED) is 0.219. The number of hydrogen-bond acceptors (Lipinski definition) is 11. The monoisotopic (exact) mass is 675 g/mol. The Kier molecular flexibility index (Phi) is 8.50. The van der Waals surface area contributed by atoms with Crippen LogP contribution in [0.15, 0.2) is 30.3 Å². The number of hydrogen-bond donors (Lipinski definition) is 5. The highest BCUT2D eigenvalue weighted by molar-refractivity contribution is 6.32. The van der Waals surface area contributed by atoms with E-state index in [1.165, 1.54) is 25.1 Å². The van der Waals surface area contributed by atoms with E-state index in [0.29, 0.717) is 11.3 Å². The molecule has 2 aromatic carbocycles. The number of benzene rings is 2. The van der Waals surface area contributed by atoms with Gasteiger partial charge in [0.2, 0.25) is 5.91 Å². The molecule has 0 bridgehead atoms. The molecule has 0 aliphatic heterocycles. The first kappa shape index (κ1) is 34.3. The van der Waals surface area contributed by atoms with E-state index in [9.17, 15) is 52.2 Å². The van der Waals surface area contributed by atoms with Crippen LogP contribution >= 0.6 is 0 Å². The van der Waals surface area contributed by atoms with Gasteiger partial charge < -0.3 is 36.2 Å². The number of carbonyl (C=O) groups is 6. The van der Waals surface area contributed by atoms with Gasteiger partial charge in [0.25, 0.3) is 0 Å². The number of nitrogens with zero attached hydrogens (tertiary/aromatic N) is 2. The molecule has 5 rings (SSSR count). The molecule has 6 atom stereocenters. The third kappa shape index (κ3) is 5.61. The number of nitrogens with two attached hydrogens (primary N) is 1. The fourth-order valence-electron chi connectivity index (χ4n) is 7.17. The van der Waals surface area contributed by atoms with Gasteiger partial charge >= 0.3 is 12.4 Å². The highest BCUT2D eigenvalue weighted by Gasteiger charge is 2.69. The molecule has 0 aromatic heterocycles. The van der Waals surface area contributed by atoms with Gasteiger partial charge in [-0.1, -0.05) is 0 Å². The minimum atomic E-state index is -4.91. The number of urea groups is 1. The number of phenols is 1. The van der Waals surface area contributed by atoms with Crippen LogP contribution in [0.5, 0.6) is 11.5 Å². The molecule has 0 saturated heterocycles. The van der Waals surface area contributed by atoms with Crippen molar-refractivity contribution in [3.63, 3.8) is 0 Å². The number of anilines is 3. The Balaban J connectivity index is 1.50. The molecule has 256 valence electrons. The number of aliphatic hydroxyl groups is 1. The normalized spacial score (nSPS) is 26.7. The van der Waals surface area contributed by atoms with Crippen molar-refractivity contribution in [1.29, 1.82) is 0 Å². The number of amides is 3. The number of likely N-dealkylation sites (N-methyl/N-ethyl adjacent to an activating group) is 1. The fraction of sp³-hybridized carbons (Fsp3) is 0.419. The number of alkyl halides is 3. The number of carbonyl (C=O) groups excluding carboxylic acids is 6. The molecule has 0 spiro atoms. The first-order chi connectivity index (χ1) is 22.3. The minimum absolute atomic E-state index is 0.00569. The summed E-state index contributed by atoms with van der Waals surface area (Å²) < 4.78 is 41.2. The summed E-state index contributed by atoms with van der Waals surface area (Å²) in [5.41, 5.74) is 2.60. The van der Waals surface area contributed by atoms with Gasteiger partial charge in [0.1, 0.15) is 11.5 Å². The summed E-state index contributed by atoms with van der Waals surface area (Å²) in [6.45, 7) is 0. The van der Waals surface area contributed by atoms with Crippen LogP contribution in [-0.4, -0.2) is 96.4 Å². The summed E-state index contributed by atoms with van der Waals surface area (Å²) in [6.07, 6.45) is -5.04. The second kappa shape index (κ2) is 11.9. The van der Waals surface area contributed by atoms with Gasteiger partial charge in [-0.2, -0.15) is 0 Å². The molecule has 48 heavy (non-hydrogen) atoms. The van der Waals surface area contributed by atoms with Gasteiger partial charge in [-0.25, -0.2) is 4.79 Å². The standard InChI is InChI=1S/C31H32F3N5O9/c1-38(2)18-11-17(37-29(46)36-13-5-7-14(8-6-13)48-31(32,33)34)23(40)20-15(18)9-12-10-16-22(39(3)4)25(42)21(28(35)45)27(44)30(16,47)26(43)19(12)24(20)41/h5-8,11-12,16,19,21-22,40,47H,9-10H2,1-4H3,(H2,35,45)(H2,36,37,46)/t12-,16-,19?,21?,22-,30-/m0/s1. The third-order valence-electron chi connectivity index (χ3n) is 9.11. The first-order valence-electron chi connectivity index (χ1n) is 14.6. The Hall–Kier alpha value is -5.03. The average molecular weight is 676 g/mol. The molecule has 17 heteroatoms. The number of aromatic hydroxyl groups is 1. The zero-order chi connectivity index (χ0) is 35.6. The highest BCUT2D eigenvalue weighted by atomic mass is 19.4. The summed E-state index contributed by atoms with van der Waals surface area (Å²) in [4.78, 5) is 82.9. The van der Waals surface area contributed by atoms with Crippen molar-refractivity contribution in [2.75, 3.05) is 43.7 Å². The molecule has 0 radical (unpaired) electrons. The van der Waals surface area contributed by atoms with Gasteiger partial charge in [0.05, 0.1) is 23.2 Å². The van der Waals surface area contributed by atoms with Crippen LogP contribution in [0.3, 0.4) is 0 Å². The number of ketones is 4. The lowest BCUT2D eigenvalue weighted by molar-refractivity contribution is -0.274. The number of phenolic OH excluding ortho intramolecular Hbond substituents is 1. The molecule has 2 fully saturated rings. The van der Waals surface area contributed by atoms with E-state index in [1.807, 2.05) is 0 Å². The number of halogens is 3.